The van der Waals surface area contributed by atoms with Crippen LogP contribution in [0.2, 0.25) is 0 Å². The van der Waals surface area contributed by atoms with Crippen LogP contribution in [0.4, 0.5) is 14.5 Å². The van der Waals surface area contributed by atoms with Crippen LogP contribution in [0.5, 0.6) is 17.5 Å². The second-order valence-electron chi connectivity index (χ2n) is 4.50. The molecule has 0 saturated heterocycles. The number of ether oxygens (including phenoxy) is 3. The SMILES string of the molecule is CNc1cccc(OC(F)F)c1COc1cccc(OC)n1.NNC=O. The molecule has 0 fully saturated rings. The Kier molecular flexibility index (Phi) is 9.18. The zero-order chi connectivity index (χ0) is 19.4. The van der Waals surface area contributed by atoms with E-state index in [1.807, 2.05) is 0 Å². The standard InChI is InChI=1S/C15H16F2N2O3.CH4N2O/c1-18-11-5-3-6-12(22-15(16)17)10(11)9-21-14-8-4-7-13(19-14)20-2;2-3-1-4/h3-8,15,18H,9H2,1-2H3;1H,2H2,(H,3,4). The summed E-state index contributed by atoms with van der Waals surface area (Å²) < 4.78 is 40.0. The molecule has 0 spiro atoms. The lowest BCUT2D eigenvalue weighted by atomic mass is 10.1. The molecule has 8 nitrogen and oxygen atoms in total. The van der Waals surface area contributed by atoms with Gasteiger partial charge in [0.05, 0.1) is 12.7 Å². The number of benzene rings is 1. The van der Waals surface area contributed by atoms with E-state index in [2.05, 4.69) is 20.9 Å². The highest BCUT2D eigenvalue weighted by atomic mass is 19.3. The number of nitrogens with two attached hydrogens (primary N) is 1. The van der Waals surface area contributed by atoms with Crippen molar-refractivity contribution in [1.82, 2.24) is 10.4 Å². The van der Waals surface area contributed by atoms with Crippen LogP contribution in [0.25, 0.3) is 0 Å². The summed E-state index contributed by atoms with van der Waals surface area (Å²) in [7, 11) is 3.19. The molecule has 0 atom stereocenters. The van der Waals surface area contributed by atoms with Crippen molar-refractivity contribution >= 4 is 12.1 Å². The number of pyridine rings is 1. The molecule has 0 aliphatic carbocycles. The Morgan fingerprint density at radius 2 is 1.88 bits per heavy atom. The van der Waals surface area contributed by atoms with Gasteiger partial charge in [-0.15, -0.1) is 0 Å². The van der Waals surface area contributed by atoms with Gasteiger partial charge in [-0.05, 0) is 12.1 Å². The van der Waals surface area contributed by atoms with E-state index in [1.165, 1.54) is 13.2 Å². The third-order valence-corrected chi connectivity index (χ3v) is 2.96. The van der Waals surface area contributed by atoms with Crippen molar-refractivity contribution < 1.29 is 27.8 Å². The van der Waals surface area contributed by atoms with Gasteiger partial charge in [0.1, 0.15) is 12.4 Å². The van der Waals surface area contributed by atoms with Crippen LogP contribution in [-0.2, 0) is 11.4 Å². The van der Waals surface area contributed by atoms with Crippen LogP contribution in [0.15, 0.2) is 36.4 Å². The van der Waals surface area contributed by atoms with Crippen molar-refractivity contribution in [3.63, 3.8) is 0 Å². The lowest BCUT2D eigenvalue weighted by molar-refractivity contribution is -0.109. The number of hydrogen-bond acceptors (Lipinski definition) is 7. The minimum absolute atomic E-state index is 0.0270. The number of methoxy groups -OCH3 is 1. The molecule has 0 saturated carbocycles. The molecule has 0 unspecified atom stereocenters. The van der Waals surface area contributed by atoms with Gasteiger partial charge in [-0.25, -0.2) is 5.84 Å². The molecule has 1 aromatic heterocycles. The molecule has 0 aliphatic rings. The third kappa shape index (κ3) is 6.77. The maximum absolute atomic E-state index is 12.5. The Labute approximate surface area is 149 Å². The van der Waals surface area contributed by atoms with E-state index in [0.29, 0.717) is 29.4 Å². The highest BCUT2D eigenvalue weighted by molar-refractivity contribution is 5.57. The van der Waals surface area contributed by atoms with Crippen molar-refractivity contribution in [2.45, 2.75) is 13.2 Å². The Bertz CT molecular complexity index is 689. The van der Waals surface area contributed by atoms with Crippen LogP contribution in [0.3, 0.4) is 0 Å². The summed E-state index contributed by atoms with van der Waals surface area (Å²) in [5.74, 6) is 5.20. The fraction of sp³-hybridized carbons (Fsp3) is 0.250. The topological polar surface area (TPSA) is 108 Å². The van der Waals surface area contributed by atoms with Gasteiger partial charge in [-0.1, -0.05) is 12.1 Å². The fourth-order valence-corrected chi connectivity index (χ4v) is 1.89. The molecule has 0 bridgehead atoms. The normalized spacial score (nSPS) is 9.62. The second-order valence-corrected chi connectivity index (χ2v) is 4.50. The Hall–Kier alpha value is -3.14. The number of rotatable bonds is 8. The predicted molar refractivity (Wildman–Crippen MR) is 91.1 cm³/mol. The number of halogens is 2. The van der Waals surface area contributed by atoms with Crippen LogP contribution >= 0.6 is 0 Å². The summed E-state index contributed by atoms with van der Waals surface area (Å²) in [5, 5.41) is 2.92. The molecule has 10 heteroatoms. The zero-order valence-electron chi connectivity index (χ0n) is 14.2. The van der Waals surface area contributed by atoms with Crippen molar-refractivity contribution in [3.05, 3.63) is 42.0 Å². The molecule has 1 amide bonds. The second kappa shape index (κ2) is 11.4. The molecular weight excluding hydrogens is 350 g/mol. The van der Waals surface area contributed by atoms with Crippen LogP contribution < -0.4 is 30.8 Å². The highest BCUT2D eigenvalue weighted by Gasteiger charge is 2.14. The summed E-state index contributed by atoms with van der Waals surface area (Å²) in [6.45, 7) is -2.88. The summed E-state index contributed by atoms with van der Waals surface area (Å²) in [5.41, 5.74) is 2.87. The highest BCUT2D eigenvalue weighted by Crippen LogP contribution is 2.29. The smallest absolute Gasteiger partial charge is 0.387 e. The van der Waals surface area contributed by atoms with E-state index < -0.39 is 6.61 Å². The molecule has 1 aromatic carbocycles. The van der Waals surface area contributed by atoms with E-state index in [1.54, 1.807) is 42.8 Å². The van der Waals surface area contributed by atoms with Gasteiger partial charge in [0.15, 0.2) is 0 Å². The van der Waals surface area contributed by atoms with Gasteiger partial charge in [0, 0.05) is 24.9 Å². The molecule has 0 radical (unpaired) electrons. The number of aromatic nitrogens is 1. The first kappa shape index (κ1) is 20.9. The molecule has 142 valence electrons. The molecular formula is C16H20F2N4O4. The summed E-state index contributed by atoms with van der Waals surface area (Å²) in [4.78, 5) is 13.0. The first-order chi connectivity index (χ1) is 12.5. The molecule has 26 heavy (non-hydrogen) atoms. The van der Waals surface area contributed by atoms with Crippen LogP contribution in [-0.4, -0.2) is 32.2 Å². The average molecular weight is 370 g/mol. The van der Waals surface area contributed by atoms with Gasteiger partial charge >= 0.3 is 6.61 Å². The predicted octanol–water partition coefficient (Wildman–Crippen LogP) is 1.92. The minimum atomic E-state index is -2.90. The van der Waals surface area contributed by atoms with Gasteiger partial charge < -0.3 is 19.5 Å². The first-order valence-corrected chi connectivity index (χ1v) is 7.33. The lowest BCUT2D eigenvalue weighted by Gasteiger charge is -2.15. The maximum Gasteiger partial charge on any atom is 0.387 e. The number of amides is 1. The first-order valence-electron chi connectivity index (χ1n) is 7.33. The van der Waals surface area contributed by atoms with E-state index in [-0.39, 0.29) is 12.4 Å². The van der Waals surface area contributed by atoms with Crippen molar-refractivity contribution in [3.8, 4) is 17.5 Å². The van der Waals surface area contributed by atoms with E-state index in [0.717, 1.165) is 0 Å². The lowest BCUT2D eigenvalue weighted by Crippen LogP contribution is -2.18. The Morgan fingerprint density at radius 3 is 2.46 bits per heavy atom. The van der Waals surface area contributed by atoms with E-state index in [9.17, 15) is 8.78 Å². The number of anilines is 1. The van der Waals surface area contributed by atoms with Gasteiger partial charge in [-0.3, -0.25) is 10.2 Å². The molecule has 0 aliphatic heterocycles. The number of hydrogen-bond donors (Lipinski definition) is 3. The van der Waals surface area contributed by atoms with Crippen molar-refractivity contribution in [2.24, 2.45) is 5.84 Å². The Morgan fingerprint density at radius 1 is 1.23 bits per heavy atom. The molecule has 1 heterocycles. The number of hydrazine groups is 1. The van der Waals surface area contributed by atoms with Gasteiger partial charge in [0.25, 0.3) is 0 Å². The third-order valence-electron chi connectivity index (χ3n) is 2.96. The number of carbonyl (C=O) groups excluding carboxylic acids is 1. The number of carbonyl (C=O) groups is 1. The van der Waals surface area contributed by atoms with Crippen molar-refractivity contribution in [1.29, 1.82) is 0 Å². The largest absolute Gasteiger partial charge is 0.481 e. The summed E-state index contributed by atoms with van der Waals surface area (Å²) in [6, 6.07) is 9.89. The molecule has 2 aromatic rings. The van der Waals surface area contributed by atoms with Gasteiger partial charge in [-0.2, -0.15) is 13.8 Å². The number of nitrogens with zero attached hydrogens (tertiary/aromatic N) is 1. The van der Waals surface area contributed by atoms with E-state index >= 15 is 0 Å². The Balaban J connectivity index is 0.000000765. The zero-order valence-corrected chi connectivity index (χ0v) is 14.2. The number of alkyl halides is 2. The quantitative estimate of drug-likeness (QED) is 0.282. The molecule has 2 rings (SSSR count). The average Bonchev–Trinajstić information content (AvgIpc) is 2.66. The maximum atomic E-state index is 12.5. The fourth-order valence-electron chi connectivity index (χ4n) is 1.89. The van der Waals surface area contributed by atoms with Gasteiger partial charge in [0.2, 0.25) is 18.2 Å². The summed E-state index contributed by atoms with van der Waals surface area (Å²) in [6.07, 6.45) is 0.403. The van der Waals surface area contributed by atoms with Crippen molar-refractivity contribution in [2.75, 3.05) is 19.5 Å². The van der Waals surface area contributed by atoms with Crippen LogP contribution in [0, 0.1) is 0 Å². The monoisotopic (exact) mass is 370 g/mol. The minimum Gasteiger partial charge on any atom is -0.481 e. The van der Waals surface area contributed by atoms with Crippen LogP contribution in [0.1, 0.15) is 5.56 Å². The van der Waals surface area contributed by atoms with E-state index in [4.69, 9.17) is 14.3 Å². The number of nitrogens with one attached hydrogen (secondary N) is 2. The molecule has 4 N–H and O–H groups in total. The summed E-state index contributed by atoms with van der Waals surface area (Å²) >= 11 is 0.